The summed E-state index contributed by atoms with van der Waals surface area (Å²) in [5.74, 6) is -0.776. The molecule has 0 bridgehead atoms. The number of aryl methyl sites for hydroxylation is 1. The summed E-state index contributed by atoms with van der Waals surface area (Å²) in [6.07, 6.45) is 0.962. The van der Waals surface area contributed by atoms with Gasteiger partial charge in [0.05, 0.1) is 13.7 Å². The minimum atomic E-state index is -0.935. The molecule has 2 aromatic rings. The van der Waals surface area contributed by atoms with Crippen LogP contribution in [-0.4, -0.2) is 16.5 Å². The molecule has 1 N–H and O–H groups in total. The predicted octanol–water partition coefficient (Wildman–Crippen LogP) is 4.92. The van der Waals surface area contributed by atoms with Crippen molar-refractivity contribution in [2.45, 2.75) is 20.3 Å². The van der Waals surface area contributed by atoms with Crippen molar-refractivity contribution in [3.8, 4) is 11.4 Å². The zero-order valence-corrected chi connectivity index (χ0v) is 15.2. The Balaban J connectivity index is 2.54. The molecule has 21 heavy (non-hydrogen) atoms. The summed E-state index contributed by atoms with van der Waals surface area (Å²) >= 11 is 5.24. The van der Waals surface area contributed by atoms with E-state index in [4.69, 9.17) is 0 Å². The van der Waals surface area contributed by atoms with Crippen molar-refractivity contribution >= 4 is 44.3 Å². The minimum absolute atomic E-state index is 0.0320. The Hall–Kier alpha value is -0.830. The molecule has 0 spiro atoms. The molecule has 2 rings (SSSR count). The molecule has 0 radical (unpaired) electrons. The number of nitrogens with zero attached hydrogens (tertiary/aromatic N) is 2. The number of halogens is 4. The van der Waals surface area contributed by atoms with Gasteiger partial charge in [0, 0.05) is 12.1 Å². The lowest BCUT2D eigenvalue weighted by molar-refractivity contribution is 0.504. The van der Waals surface area contributed by atoms with Gasteiger partial charge >= 0.3 is 0 Å². The van der Waals surface area contributed by atoms with Gasteiger partial charge in [-0.1, -0.05) is 6.92 Å². The van der Waals surface area contributed by atoms with Crippen molar-refractivity contribution in [2.24, 2.45) is 0 Å². The molecule has 7 heteroatoms. The Morgan fingerprint density at radius 1 is 1.29 bits per heavy atom. The van der Waals surface area contributed by atoms with E-state index < -0.39 is 11.6 Å². The third-order valence-electron chi connectivity index (χ3n) is 2.84. The first-order valence-corrected chi connectivity index (χ1v) is 8.24. The van der Waals surface area contributed by atoms with Crippen LogP contribution in [0.3, 0.4) is 0 Å². The summed E-state index contributed by atoms with van der Waals surface area (Å²) in [4.78, 5) is 8.79. The van der Waals surface area contributed by atoms with Crippen LogP contribution in [0.5, 0.6) is 0 Å². The molecule has 0 aliphatic carbocycles. The Bertz CT molecular complexity index is 680. The summed E-state index contributed by atoms with van der Waals surface area (Å²) in [5, 5.41) is 3.22. The van der Waals surface area contributed by atoms with Gasteiger partial charge in [0.1, 0.15) is 5.82 Å². The lowest BCUT2D eigenvalue weighted by Crippen LogP contribution is -2.08. The van der Waals surface area contributed by atoms with Crippen molar-refractivity contribution in [2.75, 3.05) is 11.9 Å². The third-order valence-corrected chi connectivity index (χ3v) is 4.90. The van der Waals surface area contributed by atoms with Crippen LogP contribution in [0.4, 0.5) is 14.6 Å². The van der Waals surface area contributed by atoms with Crippen molar-refractivity contribution in [1.82, 2.24) is 9.97 Å². The number of hydrogen-bond donors (Lipinski definition) is 1. The molecule has 0 unspecified atom stereocenters. The van der Waals surface area contributed by atoms with Crippen LogP contribution in [-0.2, 0) is 0 Å². The average molecular weight is 468 g/mol. The summed E-state index contributed by atoms with van der Waals surface area (Å²) < 4.78 is 27.8. The van der Waals surface area contributed by atoms with Gasteiger partial charge in [0.25, 0.3) is 0 Å². The number of benzene rings is 1. The minimum Gasteiger partial charge on any atom is -0.369 e. The van der Waals surface area contributed by atoms with E-state index in [1.165, 1.54) is 6.07 Å². The van der Waals surface area contributed by atoms with Gasteiger partial charge in [0.2, 0.25) is 0 Å². The molecular weight excluding hydrogens is 455 g/mol. The molecule has 0 aliphatic rings. The quantitative estimate of drug-likeness (QED) is 0.512. The van der Waals surface area contributed by atoms with E-state index in [9.17, 15) is 8.78 Å². The molecule has 0 fully saturated rings. The van der Waals surface area contributed by atoms with E-state index in [0.717, 1.165) is 28.3 Å². The summed E-state index contributed by atoms with van der Waals surface area (Å²) in [6.45, 7) is 4.70. The largest absolute Gasteiger partial charge is 0.369 e. The van der Waals surface area contributed by atoms with Crippen LogP contribution >= 0.6 is 38.5 Å². The van der Waals surface area contributed by atoms with Gasteiger partial charge < -0.3 is 5.32 Å². The smallest absolute Gasteiger partial charge is 0.173 e. The van der Waals surface area contributed by atoms with E-state index in [1.54, 1.807) is 0 Å². The summed E-state index contributed by atoms with van der Waals surface area (Å²) in [5.41, 5.74) is 1.21. The van der Waals surface area contributed by atoms with Gasteiger partial charge in [-0.25, -0.2) is 18.7 Å². The van der Waals surface area contributed by atoms with Crippen molar-refractivity contribution in [3.05, 3.63) is 37.5 Å². The summed E-state index contributed by atoms with van der Waals surface area (Å²) in [6, 6.07) is 2.54. The fraction of sp³-hybridized carbons (Fsp3) is 0.286. The zero-order chi connectivity index (χ0) is 15.6. The van der Waals surface area contributed by atoms with Gasteiger partial charge in [-0.2, -0.15) is 0 Å². The first-order chi connectivity index (χ1) is 9.95. The normalized spacial score (nSPS) is 10.8. The molecular formula is C14H13BrF2IN3. The Labute approximate surface area is 143 Å². The standard InChI is InChI=1S/C14H13BrF2IN3/c1-3-6-19-14-12(18)7(2)20-13(21-14)8-4-5-9(16)11(17)10(8)15/h4-5H,3,6H2,1-2H3,(H,19,20,21). The molecule has 0 amide bonds. The number of nitrogens with one attached hydrogen (secondary N) is 1. The predicted molar refractivity (Wildman–Crippen MR) is 91.3 cm³/mol. The molecule has 0 saturated carbocycles. The monoisotopic (exact) mass is 467 g/mol. The van der Waals surface area contributed by atoms with Crippen molar-refractivity contribution in [1.29, 1.82) is 0 Å². The van der Waals surface area contributed by atoms with Crippen LogP contribution in [0.1, 0.15) is 19.0 Å². The topological polar surface area (TPSA) is 37.8 Å². The Kier molecular flexibility index (Phi) is 5.48. The van der Waals surface area contributed by atoms with Crippen LogP contribution in [0, 0.1) is 22.1 Å². The highest BCUT2D eigenvalue weighted by atomic mass is 127. The maximum atomic E-state index is 13.7. The van der Waals surface area contributed by atoms with Gasteiger partial charge in [-0.15, -0.1) is 0 Å². The second-order valence-corrected chi connectivity index (χ2v) is 6.32. The van der Waals surface area contributed by atoms with Crippen molar-refractivity contribution in [3.63, 3.8) is 0 Å². The highest BCUT2D eigenvalue weighted by Crippen LogP contribution is 2.31. The first kappa shape index (κ1) is 16.5. The van der Waals surface area contributed by atoms with Crippen LogP contribution < -0.4 is 5.32 Å². The molecule has 0 atom stereocenters. The second kappa shape index (κ2) is 6.95. The van der Waals surface area contributed by atoms with E-state index >= 15 is 0 Å². The lowest BCUT2D eigenvalue weighted by Gasteiger charge is -2.12. The van der Waals surface area contributed by atoms with E-state index in [0.29, 0.717) is 17.2 Å². The third kappa shape index (κ3) is 3.50. The maximum absolute atomic E-state index is 13.7. The average Bonchev–Trinajstić information content (AvgIpc) is 2.46. The van der Waals surface area contributed by atoms with Crippen LogP contribution in [0.2, 0.25) is 0 Å². The number of aromatic nitrogens is 2. The van der Waals surface area contributed by atoms with Gasteiger partial charge in [-0.3, -0.25) is 0 Å². The van der Waals surface area contributed by atoms with E-state index in [1.807, 2.05) is 6.92 Å². The molecule has 112 valence electrons. The maximum Gasteiger partial charge on any atom is 0.173 e. The molecule has 0 saturated heterocycles. The zero-order valence-electron chi connectivity index (χ0n) is 11.5. The molecule has 1 aromatic carbocycles. The Morgan fingerprint density at radius 3 is 2.67 bits per heavy atom. The lowest BCUT2D eigenvalue weighted by atomic mass is 10.2. The van der Waals surface area contributed by atoms with Crippen LogP contribution in [0.25, 0.3) is 11.4 Å². The second-order valence-electron chi connectivity index (χ2n) is 4.44. The van der Waals surface area contributed by atoms with Gasteiger partial charge in [-0.05, 0) is 64.0 Å². The first-order valence-electron chi connectivity index (χ1n) is 6.37. The number of rotatable bonds is 4. The highest BCUT2D eigenvalue weighted by Gasteiger charge is 2.17. The fourth-order valence-corrected chi connectivity index (χ4v) is 2.67. The highest BCUT2D eigenvalue weighted by molar-refractivity contribution is 14.1. The summed E-state index contributed by atoms with van der Waals surface area (Å²) in [7, 11) is 0. The van der Waals surface area contributed by atoms with Crippen molar-refractivity contribution < 1.29 is 8.78 Å². The molecule has 3 nitrogen and oxygen atoms in total. The SMILES string of the molecule is CCCNc1nc(-c2ccc(F)c(F)c2Br)nc(C)c1I. The molecule has 1 heterocycles. The molecule has 0 aliphatic heterocycles. The van der Waals surface area contributed by atoms with E-state index in [2.05, 4.69) is 60.7 Å². The van der Waals surface area contributed by atoms with E-state index in [-0.39, 0.29) is 4.47 Å². The molecule has 1 aromatic heterocycles. The number of hydrogen-bond acceptors (Lipinski definition) is 3. The van der Waals surface area contributed by atoms with Gasteiger partial charge in [0.15, 0.2) is 17.5 Å². The fourth-order valence-electron chi connectivity index (χ4n) is 1.74. The number of anilines is 1. The van der Waals surface area contributed by atoms with Crippen LogP contribution in [0.15, 0.2) is 16.6 Å². The Morgan fingerprint density at radius 2 is 2.00 bits per heavy atom.